The van der Waals surface area contributed by atoms with E-state index in [1.54, 1.807) is 29.8 Å². The largest absolute Gasteiger partial charge is 0.480 e. The number of aryl methyl sites for hydroxylation is 1. The normalized spacial score (nSPS) is 12.2. The third-order valence-corrected chi connectivity index (χ3v) is 3.80. The van der Waals surface area contributed by atoms with Gasteiger partial charge in [0.05, 0.1) is 16.8 Å². The van der Waals surface area contributed by atoms with Gasteiger partial charge in [0.25, 0.3) is 5.91 Å². The van der Waals surface area contributed by atoms with Crippen LogP contribution >= 0.6 is 0 Å². The van der Waals surface area contributed by atoms with Crippen LogP contribution in [0.1, 0.15) is 16.8 Å². The van der Waals surface area contributed by atoms with E-state index in [9.17, 15) is 31.1 Å². The number of fused-ring (bicyclic) bond motifs is 1. The smallest absolute Gasteiger partial charge is 0.416 e. The third-order valence-electron chi connectivity index (χ3n) is 3.80. The summed E-state index contributed by atoms with van der Waals surface area (Å²) >= 11 is 0. The lowest BCUT2D eigenvalue weighted by atomic mass is 10.1. The van der Waals surface area contributed by atoms with Crippen LogP contribution in [0.3, 0.4) is 0 Å². The van der Waals surface area contributed by atoms with Gasteiger partial charge in [-0.2, -0.15) is 26.3 Å². The van der Waals surface area contributed by atoms with Gasteiger partial charge >= 0.3 is 12.4 Å². The lowest BCUT2D eigenvalue weighted by molar-refractivity contribution is -0.143. The number of hydrogen-bond donors (Lipinski definition) is 1. The quantitative estimate of drug-likeness (QED) is 0.627. The predicted octanol–water partition coefficient (Wildman–Crippen LogP) is 4.70. The van der Waals surface area contributed by atoms with Gasteiger partial charge in [0.1, 0.15) is 0 Å². The molecule has 3 aromatic rings. The summed E-state index contributed by atoms with van der Waals surface area (Å²) in [4.78, 5) is 16.2. The number of carbonyl (C=O) groups excluding carboxylic acids is 1. The molecule has 1 N–H and O–H groups in total. The molecular formula is C18H13F6N3O2. The van der Waals surface area contributed by atoms with E-state index in [0.29, 0.717) is 23.5 Å². The first-order valence-electron chi connectivity index (χ1n) is 8.10. The van der Waals surface area contributed by atoms with Gasteiger partial charge in [0.2, 0.25) is 0 Å². The first-order chi connectivity index (χ1) is 13.4. The van der Waals surface area contributed by atoms with E-state index >= 15 is 0 Å². The van der Waals surface area contributed by atoms with Crippen LogP contribution < -0.4 is 10.1 Å². The summed E-state index contributed by atoms with van der Waals surface area (Å²) in [5.74, 6) is -0.696. The second-order valence-electron chi connectivity index (χ2n) is 6.12. The van der Waals surface area contributed by atoms with Crippen LogP contribution in [0.25, 0.3) is 5.65 Å². The topological polar surface area (TPSA) is 55.6 Å². The monoisotopic (exact) mass is 417 g/mol. The Bertz CT molecular complexity index is 1020. The van der Waals surface area contributed by atoms with E-state index in [2.05, 4.69) is 4.98 Å². The van der Waals surface area contributed by atoms with Gasteiger partial charge in [-0.25, -0.2) is 4.98 Å². The van der Waals surface area contributed by atoms with Crippen LogP contribution in [0.2, 0.25) is 0 Å². The Hall–Kier alpha value is -3.24. The molecule has 2 heterocycles. The molecule has 0 fully saturated rings. The van der Waals surface area contributed by atoms with Crippen molar-refractivity contribution in [2.75, 3.05) is 11.9 Å². The molecule has 0 bridgehead atoms. The highest BCUT2D eigenvalue weighted by Crippen LogP contribution is 2.37. The van der Waals surface area contributed by atoms with Gasteiger partial charge in [-0.15, -0.1) is 0 Å². The van der Waals surface area contributed by atoms with Gasteiger partial charge in [-0.1, -0.05) is 0 Å². The second-order valence-corrected chi connectivity index (χ2v) is 6.12. The first-order valence-corrected chi connectivity index (χ1v) is 8.10. The van der Waals surface area contributed by atoms with Crippen LogP contribution in [0, 0.1) is 6.92 Å². The minimum Gasteiger partial charge on any atom is -0.480 e. The van der Waals surface area contributed by atoms with Crippen molar-refractivity contribution in [3.8, 4) is 5.75 Å². The van der Waals surface area contributed by atoms with Gasteiger partial charge in [0.15, 0.2) is 18.0 Å². The zero-order chi connectivity index (χ0) is 21.4. The minimum atomic E-state index is -5.01. The lowest BCUT2D eigenvalue weighted by Gasteiger charge is -2.15. The van der Waals surface area contributed by atoms with Crippen molar-refractivity contribution in [1.82, 2.24) is 9.38 Å². The van der Waals surface area contributed by atoms with E-state index in [-0.39, 0.29) is 11.8 Å². The molecule has 5 nitrogen and oxygen atoms in total. The highest BCUT2D eigenvalue weighted by Gasteiger charge is 2.37. The SMILES string of the molecule is Cc1cn2cccc(OCC(=O)Nc3cc(C(F)(F)F)cc(C(F)(F)F)c3)c2n1. The number of alkyl halides is 6. The number of benzene rings is 1. The van der Waals surface area contributed by atoms with Crippen molar-refractivity contribution in [2.24, 2.45) is 0 Å². The molecule has 0 atom stereocenters. The third kappa shape index (κ3) is 4.79. The molecule has 0 spiro atoms. The molecule has 0 aliphatic rings. The summed E-state index contributed by atoms with van der Waals surface area (Å²) in [5, 5.41) is 2.00. The average Bonchev–Trinajstić information content (AvgIpc) is 2.99. The molecule has 29 heavy (non-hydrogen) atoms. The molecule has 0 aliphatic carbocycles. The summed E-state index contributed by atoms with van der Waals surface area (Å²) < 4.78 is 84.2. The Morgan fingerprint density at radius 3 is 2.31 bits per heavy atom. The van der Waals surface area contributed by atoms with Crippen molar-refractivity contribution in [2.45, 2.75) is 19.3 Å². The Labute approximate surface area is 159 Å². The summed E-state index contributed by atoms with van der Waals surface area (Å²) in [6.07, 6.45) is -6.61. The number of nitrogens with zero attached hydrogens (tertiary/aromatic N) is 2. The molecule has 0 radical (unpaired) electrons. The number of rotatable bonds is 4. The van der Waals surface area contributed by atoms with Crippen molar-refractivity contribution < 1.29 is 35.9 Å². The number of ether oxygens (including phenoxy) is 1. The molecule has 0 saturated carbocycles. The van der Waals surface area contributed by atoms with E-state index in [1.165, 1.54) is 6.07 Å². The van der Waals surface area contributed by atoms with Gasteiger partial charge in [-0.3, -0.25) is 4.79 Å². The Kier molecular flexibility index (Phi) is 5.16. The number of nitrogens with one attached hydrogen (secondary N) is 1. The molecule has 1 amide bonds. The maximum Gasteiger partial charge on any atom is 0.416 e. The predicted molar refractivity (Wildman–Crippen MR) is 90.5 cm³/mol. The number of amides is 1. The minimum absolute atomic E-state index is 0.0203. The second kappa shape index (κ2) is 7.30. The van der Waals surface area contributed by atoms with Crippen molar-refractivity contribution in [1.29, 1.82) is 0 Å². The number of carbonyl (C=O) groups is 1. The fourth-order valence-corrected chi connectivity index (χ4v) is 2.59. The van der Waals surface area contributed by atoms with Crippen molar-refractivity contribution in [3.05, 3.63) is 59.5 Å². The molecule has 1 aromatic carbocycles. The van der Waals surface area contributed by atoms with Gasteiger partial charge in [-0.05, 0) is 37.3 Å². The first kappa shape index (κ1) is 20.5. The fraction of sp³-hybridized carbons (Fsp3) is 0.222. The van der Waals surface area contributed by atoms with Crippen LogP contribution in [-0.4, -0.2) is 21.9 Å². The summed E-state index contributed by atoms with van der Waals surface area (Å²) in [6.45, 7) is 1.11. The van der Waals surface area contributed by atoms with Crippen molar-refractivity contribution in [3.63, 3.8) is 0 Å². The van der Waals surface area contributed by atoms with Crippen LogP contribution in [-0.2, 0) is 17.1 Å². The molecule has 3 rings (SSSR count). The number of hydrogen-bond acceptors (Lipinski definition) is 3. The van der Waals surface area contributed by atoms with Crippen molar-refractivity contribution >= 4 is 17.2 Å². The van der Waals surface area contributed by atoms with E-state index in [0.717, 1.165) is 0 Å². The molecule has 11 heteroatoms. The average molecular weight is 417 g/mol. The number of anilines is 1. The standard InChI is InChI=1S/C18H13F6N3O2/c1-10-8-27-4-2-3-14(16(27)25-10)29-9-15(28)26-13-6-11(17(19,20)21)5-12(7-13)18(22,23)24/h2-8H,9H2,1H3,(H,26,28). The summed E-state index contributed by atoms with van der Waals surface area (Å²) in [7, 11) is 0. The molecule has 0 unspecified atom stereocenters. The molecule has 154 valence electrons. The van der Waals surface area contributed by atoms with Crippen LogP contribution in [0.15, 0.2) is 42.7 Å². The highest BCUT2D eigenvalue weighted by atomic mass is 19.4. The highest BCUT2D eigenvalue weighted by molar-refractivity contribution is 5.92. The van der Waals surface area contributed by atoms with Gasteiger partial charge in [0, 0.05) is 18.1 Å². The number of pyridine rings is 1. The van der Waals surface area contributed by atoms with E-state index in [4.69, 9.17) is 4.74 Å². The number of halogens is 6. The fourth-order valence-electron chi connectivity index (χ4n) is 2.59. The van der Waals surface area contributed by atoms with E-state index < -0.39 is 41.7 Å². The van der Waals surface area contributed by atoms with E-state index in [1.807, 2.05) is 5.32 Å². The maximum absolute atomic E-state index is 12.9. The maximum atomic E-state index is 12.9. The number of aromatic nitrogens is 2. The molecule has 2 aromatic heterocycles. The lowest BCUT2D eigenvalue weighted by Crippen LogP contribution is -2.21. The molecule has 0 saturated heterocycles. The summed E-state index contributed by atoms with van der Waals surface area (Å²) in [5.41, 5.74) is -2.59. The zero-order valence-corrected chi connectivity index (χ0v) is 14.7. The zero-order valence-electron chi connectivity index (χ0n) is 14.7. The number of imidazole rings is 1. The Balaban J connectivity index is 1.77. The Morgan fingerprint density at radius 2 is 1.72 bits per heavy atom. The van der Waals surface area contributed by atoms with Gasteiger partial charge < -0.3 is 14.5 Å². The molecular weight excluding hydrogens is 404 g/mol. The van der Waals surface area contributed by atoms with Crippen LogP contribution in [0.4, 0.5) is 32.0 Å². The summed E-state index contributed by atoms with van der Waals surface area (Å²) in [6, 6.07) is 3.98. The van der Waals surface area contributed by atoms with Crippen LogP contribution in [0.5, 0.6) is 5.75 Å². The molecule has 0 aliphatic heterocycles. The Morgan fingerprint density at radius 1 is 1.10 bits per heavy atom.